The van der Waals surface area contributed by atoms with Crippen molar-refractivity contribution in [1.29, 1.82) is 0 Å². The van der Waals surface area contributed by atoms with Crippen molar-refractivity contribution in [2.45, 2.75) is 62.4 Å². The number of carbonyl (C=O) groups is 2. The molecule has 0 spiro atoms. The summed E-state index contributed by atoms with van der Waals surface area (Å²) in [7, 11) is 0. The molecule has 6 N–H and O–H groups in total. The van der Waals surface area contributed by atoms with Gasteiger partial charge >= 0.3 is 6.03 Å². The number of fused-ring (bicyclic) bond motifs is 2. The van der Waals surface area contributed by atoms with Gasteiger partial charge in [-0.3, -0.25) is 15.1 Å². The number of nitrogens with one attached hydrogen (secondary N) is 4. The van der Waals surface area contributed by atoms with E-state index in [4.69, 9.17) is 15.0 Å². The van der Waals surface area contributed by atoms with E-state index in [1.165, 1.54) is 6.20 Å². The number of hydrogen-bond acceptors (Lipinski definition) is 11. The van der Waals surface area contributed by atoms with Crippen LogP contribution in [-0.2, 0) is 4.79 Å². The number of amides is 3. The van der Waals surface area contributed by atoms with Crippen LogP contribution in [0.4, 0.5) is 22.4 Å². The summed E-state index contributed by atoms with van der Waals surface area (Å²) in [6.07, 6.45) is 2.02. The molecule has 15 nitrogen and oxygen atoms in total. The smallest absolute Gasteiger partial charge is 0.320 e. The Morgan fingerprint density at radius 2 is 1.56 bits per heavy atom. The van der Waals surface area contributed by atoms with Crippen LogP contribution in [0.15, 0.2) is 97.5 Å². The van der Waals surface area contributed by atoms with Crippen LogP contribution < -0.4 is 26.2 Å². The zero-order valence-electron chi connectivity index (χ0n) is 30.3. The highest BCUT2D eigenvalue weighted by Gasteiger charge is 2.44. The average Bonchev–Trinajstić information content (AvgIpc) is 3.93. The van der Waals surface area contributed by atoms with E-state index in [0.717, 1.165) is 16.6 Å². The second-order valence-corrected chi connectivity index (χ2v) is 14.0. The predicted octanol–water partition coefficient (Wildman–Crippen LogP) is 3.98. The second-order valence-electron chi connectivity index (χ2n) is 14.0. The van der Waals surface area contributed by atoms with Gasteiger partial charge in [-0.15, -0.1) is 0 Å². The number of benzene rings is 3. The van der Waals surface area contributed by atoms with Crippen molar-refractivity contribution in [3.8, 4) is 0 Å². The Balaban J connectivity index is 1.07. The van der Waals surface area contributed by atoms with Crippen LogP contribution in [0, 0.1) is 0 Å². The third-order valence-electron chi connectivity index (χ3n) is 10.5. The van der Waals surface area contributed by atoms with Crippen molar-refractivity contribution in [1.82, 2.24) is 40.1 Å². The molecule has 3 aromatic carbocycles. The lowest BCUT2D eigenvalue weighted by molar-refractivity contribution is -0.122. The first-order valence-electron chi connectivity index (χ1n) is 18.6. The van der Waals surface area contributed by atoms with Gasteiger partial charge in [-0.2, -0.15) is 9.97 Å². The van der Waals surface area contributed by atoms with Crippen LogP contribution in [0.3, 0.4) is 0 Å². The molecular weight excluding hydrogens is 699 g/mol. The SMILES string of the molecule is CCC(=O)N[C@H]1C[C@@H](n2cnc3c(NCC(c4ccccc4)c4ccccc4)nc(N4CC[C@@H](NC(=O)Nc5cnc6ccccc6n5)C4)nc32)[C@H](O)[C@@H]1O. The van der Waals surface area contributed by atoms with Gasteiger partial charge < -0.3 is 35.6 Å². The molecule has 1 saturated heterocycles. The molecule has 282 valence electrons. The highest BCUT2D eigenvalue weighted by Crippen LogP contribution is 2.35. The fraction of sp³-hybridized carbons (Fsp3) is 0.325. The van der Waals surface area contributed by atoms with Gasteiger partial charge in [0.25, 0.3) is 0 Å². The number of carbonyl (C=O) groups excluding carboxylic acids is 2. The van der Waals surface area contributed by atoms with Crippen molar-refractivity contribution in [2.75, 3.05) is 35.2 Å². The molecule has 0 bridgehead atoms. The largest absolute Gasteiger partial charge is 0.388 e. The van der Waals surface area contributed by atoms with Gasteiger partial charge in [0.05, 0.1) is 35.6 Å². The number of urea groups is 1. The fourth-order valence-electron chi connectivity index (χ4n) is 7.56. The van der Waals surface area contributed by atoms with Crippen molar-refractivity contribution in [3.05, 3.63) is 109 Å². The van der Waals surface area contributed by atoms with Crippen LogP contribution in [0.2, 0.25) is 0 Å². The summed E-state index contributed by atoms with van der Waals surface area (Å²) in [6, 6.07) is 26.2. The lowest BCUT2D eigenvalue weighted by Gasteiger charge is -2.22. The predicted molar refractivity (Wildman–Crippen MR) is 209 cm³/mol. The molecule has 1 aliphatic carbocycles. The van der Waals surface area contributed by atoms with Crippen LogP contribution in [0.5, 0.6) is 0 Å². The molecule has 3 amide bonds. The molecule has 6 aromatic rings. The van der Waals surface area contributed by atoms with Crippen LogP contribution >= 0.6 is 0 Å². The van der Waals surface area contributed by atoms with Crippen LogP contribution in [0.1, 0.15) is 49.3 Å². The van der Waals surface area contributed by atoms with E-state index in [2.05, 4.69) is 55.5 Å². The minimum absolute atomic E-state index is 0.00106. The molecule has 4 heterocycles. The highest BCUT2D eigenvalue weighted by molar-refractivity contribution is 5.89. The van der Waals surface area contributed by atoms with Gasteiger partial charge in [0.1, 0.15) is 12.2 Å². The summed E-state index contributed by atoms with van der Waals surface area (Å²) >= 11 is 0. The Bertz CT molecular complexity index is 2250. The van der Waals surface area contributed by atoms with Gasteiger partial charge in [-0.1, -0.05) is 79.7 Å². The van der Waals surface area contributed by atoms with Crippen molar-refractivity contribution >= 4 is 51.7 Å². The summed E-state index contributed by atoms with van der Waals surface area (Å²) < 4.78 is 1.77. The molecule has 1 aliphatic heterocycles. The van der Waals surface area contributed by atoms with E-state index < -0.39 is 24.3 Å². The van der Waals surface area contributed by atoms with Gasteiger partial charge in [-0.25, -0.2) is 14.8 Å². The lowest BCUT2D eigenvalue weighted by Crippen LogP contribution is -2.42. The molecule has 2 fully saturated rings. The second kappa shape index (κ2) is 15.7. The van der Waals surface area contributed by atoms with E-state index in [9.17, 15) is 19.8 Å². The normalized spacial score (nSPS) is 20.9. The molecule has 0 radical (unpaired) electrons. The van der Waals surface area contributed by atoms with E-state index in [0.29, 0.717) is 60.3 Å². The zero-order valence-corrected chi connectivity index (χ0v) is 30.3. The number of para-hydroxylation sites is 2. The minimum atomic E-state index is -1.17. The number of anilines is 3. The quantitative estimate of drug-likeness (QED) is 0.112. The highest BCUT2D eigenvalue weighted by atomic mass is 16.3. The molecule has 3 aromatic heterocycles. The molecule has 8 rings (SSSR count). The first-order chi connectivity index (χ1) is 26.8. The van der Waals surface area contributed by atoms with Crippen LogP contribution in [-0.4, -0.2) is 95.6 Å². The van der Waals surface area contributed by atoms with E-state index >= 15 is 0 Å². The van der Waals surface area contributed by atoms with Crippen molar-refractivity contribution in [2.24, 2.45) is 0 Å². The van der Waals surface area contributed by atoms with Gasteiger partial charge in [0.2, 0.25) is 11.9 Å². The number of hydrogen-bond donors (Lipinski definition) is 6. The van der Waals surface area contributed by atoms with Crippen LogP contribution in [0.25, 0.3) is 22.2 Å². The third kappa shape index (κ3) is 7.61. The standard InChI is InChI=1S/C40H43N11O4/c1-2-33(52)46-30-19-31(36(54)35(30)53)51-23-43-34-37(42-20-27(24-11-5-3-6-12-24)25-13-7-4-8-14-25)48-39(49-38(34)51)50-18-17-26(22-50)44-40(55)47-32-21-41-28-15-9-10-16-29(28)45-32/h3-16,21,23,26-27,30-31,35-36,53-54H,2,17-20,22H2,1H3,(H,46,52)(H,42,48,49)(H2,44,45,47,55)/t26-,30+,31-,35-,36+/m1/s1. The minimum Gasteiger partial charge on any atom is -0.388 e. The number of aromatic nitrogens is 6. The van der Waals surface area contributed by atoms with Gasteiger partial charge in [0, 0.05) is 38.0 Å². The first kappa shape index (κ1) is 35.8. The molecule has 0 unspecified atom stereocenters. The molecule has 15 heteroatoms. The average molecular weight is 742 g/mol. The van der Waals surface area contributed by atoms with E-state index in [1.54, 1.807) is 17.8 Å². The number of aliphatic hydroxyl groups is 2. The summed E-state index contributed by atoms with van der Waals surface area (Å²) in [5.41, 5.74) is 4.69. The Morgan fingerprint density at radius 1 is 0.855 bits per heavy atom. The maximum atomic E-state index is 13.1. The third-order valence-corrected chi connectivity index (χ3v) is 10.5. The maximum absolute atomic E-state index is 13.1. The number of imidazole rings is 1. The number of aliphatic hydroxyl groups excluding tert-OH is 2. The van der Waals surface area contributed by atoms with E-state index in [1.807, 2.05) is 65.6 Å². The summed E-state index contributed by atoms with van der Waals surface area (Å²) in [5.74, 6) is 1.10. The molecule has 55 heavy (non-hydrogen) atoms. The molecular formula is C40H43N11O4. The Morgan fingerprint density at radius 3 is 2.29 bits per heavy atom. The molecule has 5 atom stereocenters. The Hall–Kier alpha value is -6.19. The van der Waals surface area contributed by atoms with Crippen molar-refractivity contribution in [3.63, 3.8) is 0 Å². The fourth-order valence-corrected chi connectivity index (χ4v) is 7.56. The van der Waals surface area contributed by atoms with Gasteiger partial charge in [-0.05, 0) is 36.1 Å². The Labute approximate surface area is 317 Å². The van der Waals surface area contributed by atoms with Gasteiger partial charge in [0.15, 0.2) is 22.8 Å². The maximum Gasteiger partial charge on any atom is 0.320 e. The lowest BCUT2D eigenvalue weighted by atomic mass is 9.91. The topological polar surface area (TPSA) is 195 Å². The zero-order chi connectivity index (χ0) is 37.9. The monoisotopic (exact) mass is 741 g/mol. The molecule has 1 saturated carbocycles. The number of nitrogens with zero attached hydrogens (tertiary/aromatic N) is 7. The number of rotatable bonds is 11. The molecule has 2 aliphatic rings. The first-order valence-corrected chi connectivity index (χ1v) is 18.6. The Kier molecular flexibility index (Phi) is 10.2. The van der Waals surface area contributed by atoms with Crippen molar-refractivity contribution < 1.29 is 19.8 Å². The summed E-state index contributed by atoms with van der Waals surface area (Å²) in [4.78, 5) is 50.9. The van der Waals surface area contributed by atoms with E-state index in [-0.39, 0.29) is 36.7 Å². The summed E-state index contributed by atoms with van der Waals surface area (Å²) in [5, 5.41) is 34.4. The summed E-state index contributed by atoms with van der Waals surface area (Å²) in [6.45, 7) is 3.27.